The molecule has 1 aromatic carbocycles. The van der Waals surface area contributed by atoms with Crippen molar-refractivity contribution in [2.45, 2.75) is 35.5 Å². The first kappa shape index (κ1) is 17.1. The van der Waals surface area contributed by atoms with Crippen LogP contribution < -0.4 is 0 Å². The summed E-state index contributed by atoms with van der Waals surface area (Å²) in [5.41, 5.74) is 0.907. The normalized spacial score (nSPS) is 13.9. The van der Waals surface area contributed by atoms with E-state index in [4.69, 9.17) is 0 Å². The third kappa shape index (κ3) is 2.97. The highest BCUT2D eigenvalue weighted by Gasteiger charge is 2.30. The van der Waals surface area contributed by atoms with Crippen LogP contribution in [0, 0.1) is 5.82 Å². The van der Waals surface area contributed by atoms with Gasteiger partial charge in [-0.15, -0.1) is 27.0 Å². The molecule has 3 aromatic heterocycles. The Bertz CT molecular complexity index is 1180. The summed E-state index contributed by atoms with van der Waals surface area (Å²) in [6.07, 6.45) is 4.14. The van der Waals surface area contributed by atoms with Crippen LogP contribution >= 0.6 is 11.8 Å². The third-order valence-corrected chi connectivity index (χ3v) is 5.46. The highest BCUT2D eigenvalue weighted by Crippen LogP contribution is 2.40. The van der Waals surface area contributed by atoms with Crippen LogP contribution in [0.3, 0.4) is 0 Å². The summed E-state index contributed by atoms with van der Waals surface area (Å²) in [6.45, 7) is 4.48. The average molecular weight is 393 g/mol. The molecule has 4 aromatic rings. The minimum absolute atomic E-state index is 0.357. The first-order valence-corrected chi connectivity index (χ1v) is 9.75. The number of hydrogen-bond donors (Lipinski definition) is 0. The Morgan fingerprint density at radius 1 is 1.11 bits per heavy atom. The van der Waals surface area contributed by atoms with E-state index in [1.165, 1.54) is 17.8 Å². The van der Waals surface area contributed by atoms with Crippen LogP contribution in [0.1, 0.15) is 24.6 Å². The molecule has 1 aliphatic carbocycles. The molecule has 0 amide bonds. The molecule has 140 valence electrons. The van der Waals surface area contributed by atoms with Gasteiger partial charge in [0.15, 0.2) is 16.6 Å². The molecule has 7 nitrogen and oxygen atoms in total. The molecule has 3 heterocycles. The minimum atomic E-state index is -0.364. The van der Waals surface area contributed by atoms with E-state index < -0.39 is 0 Å². The van der Waals surface area contributed by atoms with Crippen LogP contribution in [0.5, 0.6) is 0 Å². The van der Waals surface area contributed by atoms with Gasteiger partial charge in [-0.1, -0.05) is 18.2 Å². The predicted molar refractivity (Wildman–Crippen MR) is 102 cm³/mol. The molecule has 1 saturated carbocycles. The summed E-state index contributed by atoms with van der Waals surface area (Å²) in [4.78, 5) is 0. The number of aromatic nitrogens is 7. The Morgan fingerprint density at radius 3 is 2.75 bits per heavy atom. The quantitative estimate of drug-likeness (QED) is 0.465. The van der Waals surface area contributed by atoms with Crippen LogP contribution in [-0.4, -0.2) is 34.6 Å². The Hall–Kier alpha value is -3.07. The van der Waals surface area contributed by atoms with Crippen molar-refractivity contribution in [3.63, 3.8) is 0 Å². The zero-order valence-corrected chi connectivity index (χ0v) is 15.7. The van der Waals surface area contributed by atoms with Crippen LogP contribution in [0.4, 0.5) is 4.39 Å². The average Bonchev–Trinajstić information content (AvgIpc) is 3.35. The molecule has 0 spiro atoms. The highest BCUT2D eigenvalue weighted by atomic mass is 32.2. The van der Waals surface area contributed by atoms with Gasteiger partial charge < -0.3 is 4.57 Å². The summed E-state index contributed by atoms with van der Waals surface area (Å²) in [6, 6.07) is 10.1. The number of nitrogens with zero attached hydrogens (tertiary/aromatic N) is 7. The van der Waals surface area contributed by atoms with Crippen LogP contribution in [-0.2, 0) is 6.54 Å². The van der Waals surface area contributed by atoms with Gasteiger partial charge in [0.25, 0.3) is 0 Å². The molecule has 0 unspecified atom stereocenters. The summed E-state index contributed by atoms with van der Waals surface area (Å²) in [5.74, 6) is 1.49. The van der Waals surface area contributed by atoms with Gasteiger partial charge in [-0.3, -0.25) is 0 Å². The maximum absolute atomic E-state index is 14.2. The van der Waals surface area contributed by atoms with Crippen LogP contribution in [0.2, 0.25) is 0 Å². The SMILES string of the molecule is C=CCn1c(Sc2ccc3nnc(-c4ccccc4F)n3n2)nnc1C1CC1. The van der Waals surface area contributed by atoms with Crippen molar-refractivity contribution < 1.29 is 4.39 Å². The van der Waals surface area contributed by atoms with Gasteiger partial charge in [-0.25, -0.2) is 4.39 Å². The number of halogens is 1. The molecule has 0 atom stereocenters. The van der Waals surface area contributed by atoms with Crippen molar-refractivity contribution >= 4 is 17.4 Å². The smallest absolute Gasteiger partial charge is 0.197 e. The molecule has 0 radical (unpaired) electrons. The monoisotopic (exact) mass is 393 g/mol. The molecule has 9 heteroatoms. The van der Waals surface area contributed by atoms with E-state index in [-0.39, 0.29) is 5.82 Å². The maximum Gasteiger partial charge on any atom is 0.197 e. The first-order chi connectivity index (χ1) is 13.7. The fourth-order valence-corrected chi connectivity index (χ4v) is 3.86. The van der Waals surface area contributed by atoms with E-state index in [9.17, 15) is 4.39 Å². The topological polar surface area (TPSA) is 73.8 Å². The van der Waals surface area contributed by atoms with Gasteiger partial charge in [0.2, 0.25) is 0 Å². The van der Waals surface area contributed by atoms with Crippen molar-refractivity contribution in [1.82, 2.24) is 34.6 Å². The van der Waals surface area contributed by atoms with Gasteiger partial charge in [-0.2, -0.15) is 9.61 Å². The number of allylic oxidation sites excluding steroid dienone is 1. The lowest BCUT2D eigenvalue weighted by Gasteiger charge is -2.07. The number of rotatable bonds is 6. The first-order valence-electron chi connectivity index (χ1n) is 8.94. The standard InChI is InChI=1S/C19H16FN7S/c1-2-11-26-17(12-7-8-12)22-24-19(26)28-16-10-9-15-21-23-18(27(15)25-16)13-5-3-4-6-14(13)20/h2-6,9-10,12H,1,7-8,11H2. The molecule has 0 aliphatic heterocycles. The number of benzene rings is 1. The second-order valence-electron chi connectivity index (χ2n) is 6.56. The van der Waals surface area contributed by atoms with E-state index in [0.717, 1.165) is 23.8 Å². The van der Waals surface area contributed by atoms with Crippen molar-refractivity contribution in [1.29, 1.82) is 0 Å². The molecular formula is C19H16FN7S. The van der Waals surface area contributed by atoms with Crippen LogP contribution in [0.15, 0.2) is 59.2 Å². The van der Waals surface area contributed by atoms with Gasteiger partial charge in [0.05, 0.1) is 5.56 Å². The number of fused-ring (bicyclic) bond motifs is 1. The second-order valence-corrected chi connectivity index (χ2v) is 7.55. The molecular weight excluding hydrogens is 377 g/mol. The van der Waals surface area contributed by atoms with Gasteiger partial charge in [0, 0.05) is 12.5 Å². The van der Waals surface area contributed by atoms with E-state index in [1.807, 2.05) is 18.2 Å². The van der Waals surface area contributed by atoms with E-state index in [2.05, 4.69) is 36.6 Å². The van der Waals surface area contributed by atoms with E-state index in [0.29, 0.717) is 34.5 Å². The Morgan fingerprint density at radius 2 is 1.96 bits per heavy atom. The molecule has 0 bridgehead atoms. The van der Waals surface area contributed by atoms with Crippen molar-refractivity contribution in [3.05, 3.63) is 60.7 Å². The van der Waals surface area contributed by atoms with E-state index >= 15 is 0 Å². The predicted octanol–water partition coefficient (Wildman–Crippen LogP) is 3.74. The molecule has 0 N–H and O–H groups in total. The van der Waals surface area contributed by atoms with Crippen molar-refractivity contribution in [3.8, 4) is 11.4 Å². The molecule has 1 fully saturated rings. The maximum atomic E-state index is 14.2. The largest absolute Gasteiger partial charge is 0.302 e. The Labute approximate surface area is 164 Å². The van der Waals surface area contributed by atoms with Gasteiger partial charge >= 0.3 is 0 Å². The lowest BCUT2D eigenvalue weighted by molar-refractivity contribution is 0.628. The summed E-state index contributed by atoms with van der Waals surface area (Å²) < 4.78 is 17.8. The Kier molecular flexibility index (Phi) is 4.16. The Balaban J connectivity index is 1.53. The summed E-state index contributed by atoms with van der Waals surface area (Å²) >= 11 is 1.41. The second kappa shape index (κ2) is 6.83. The van der Waals surface area contributed by atoms with Gasteiger partial charge in [0.1, 0.15) is 16.7 Å². The third-order valence-electron chi connectivity index (χ3n) is 4.55. The zero-order chi connectivity index (χ0) is 19.1. The lowest BCUT2D eigenvalue weighted by Crippen LogP contribution is -2.03. The molecule has 1 aliphatic rings. The summed E-state index contributed by atoms with van der Waals surface area (Å²) in [5, 5.41) is 23.0. The van der Waals surface area contributed by atoms with Crippen LogP contribution in [0.25, 0.3) is 17.0 Å². The lowest BCUT2D eigenvalue weighted by atomic mass is 10.2. The molecule has 5 rings (SSSR count). The zero-order valence-electron chi connectivity index (χ0n) is 14.9. The van der Waals surface area contributed by atoms with Gasteiger partial charge in [-0.05, 0) is 48.9 Å². The van der Waals surface area contributed by atoms with Crippen molar-refractivity contribution in [2.24, 2.45) is 0 Å². The molecule has 0 saturated heterocycles. The molecule has 28 heavy (non-hydrogen) atoms. The number of hydrogen-bond acceptors (Lipinski definition) is 6. The fraction of sp³-hybridized carbons (Fsp3) is 0.211. The summed E-state index contributed by atoms with van der Waals surface area (Å²) in [7, 11) is 0. The van der Waals surface area contributed by atoms with E-state index in [1.54, 1.807) is 22.7 Å². The van der Waals surface area contributed by atoms with Crippen molar-refractivity contribution in [2.75, 3.05) is 0 Å². The fourth-order valence-electron chi connectivity index (χ4n) is 3.05. The minimum Gasteiger partial charge on any atom is -0.302 e. The highest BCUT2D eigenvalue weighted by molar-refractivity contribution is 7.99.